The molecule has 136 valence electrons. The number of hydrogen-bond donors (Lipinski definition) is 3. The van der Waals surface area contributed by atoms with Crippen molar-refractivity contribution in [1.82, 2.24) is 5.32 Å². The van der Waals surface area contributed by atoms with Gasteiger partial charge >= 0.3 is 0 Å². The maximum Gasteiger partial charge on any atom is 0.257 e. The Balaban J connectivity index is 1.90. The molecule has 0 unspecified atom stereocenters. The highest BCUT2D eigenvalue weighted by Gasteiger charge is 2.09. The van der Waals surface area contributed by atoms with Gasteiger partial charge < -0.3 is 10.6 Å². The number of amides is 2. The molecular formula is C20H23N3O2S. The third-order valence-electron chi connectivity index (χ3n) is 3.79. The van der Waals surface area contributed by atoms with Crippen LogP contribution in [0.2, 0.25) is 0 Å². The summed E-state index contributed by atoms with van der Waals surface area (Å²) >= 11 is 5.19. The van der Waals surface area contributed by atoms with Gasteiger partial charge in [-0.3, -0.25) is 14.9 Å². The second-order valence-electron chi connectivity index (χ2n) is 6.18. The van der Waals surface area contributed by atoms with E-state index in [0.717, 1.165) is 12.1 Å². The van der Waals surface area contributed by atoms with Crippen molar-refractivity contribution in [3.63, 3.8) is 0 Å². The number of carbonyl (C=O) groups is 2. The van der Waals surface area contributed by atoms with Gasteiger partial charge in [0.1, 0.15) is 0 Å². The van der Waals surface area contributed by atoms with E-state index in [9.17, 15) is 9.59 Å². The van der Waals surface area contributed by atoms with E-state index in [4.69, 9.17) is 12.2 Å². The summed E-state index contributed by atoms with van der Waals surface area (Å²) in [5, 5.41) is 8.64. The fraction of sp³-hybridized carbons (Fsp3) is 0.250. The van der Waals surface area contributed by atoms with Crippen LogP contribution < -0.4 is 16.0 Å². The van der Waals surface area contributed by atoms with Gasteiger partial charge in [-0.2, -0.15) is 0 Å². The summed E-state index contributed by atoms with van der Waals surface area (Å²) in [5.74, 6) is -0.379. The van der Waals surface area contributed by atoms with Crippen molar-refractivity contribution in [2.75, 3.05) is 10.6 Å². The van der Waals surface area contributed by atoms with Crippen molar-refractivity contribution in [2.45, 2.75) is 27.2 Å². The molecule has 0 aromatic heterocycles. The molecule has 0 radical (unpaired) electrons. The molecule has 0 saturated heterocycles. The number of thiocarbonyl (C=S) groups is 1. The molecule has 0 atom stereocenters. The van der Waals surface area contributed by atoms with Crippen molar-refractivity contribution in [2.24, 2.45) is 5.92 Å². The van der Waals surface area contributed by atoms with Crippen LogP contribution in [0.1, 0.15) is 36.7 Å². The number of nitrogens with one attached hydrogen (secondary N) is 3. The molecule has 5 nitrogen and oxygen atoms in total. The van der Waals surface area contributed by atoms with Crippen molar-refractivity contribution in [3.05, 3.63) is 59.7 Å². The lowest BCUT2D eigenvalue weighted by atomic mass is 10.1. The van der Waals surface area contributed by atoms with Gasteiger partial charge in [-0.1, -0.05) is 32.9 Å². The van der Waals surface area contributed by atoms with Gasteiger partial charge in [-0.05, 0) is 60.6 Å². The highest BCUT2D eigenvalue weighted by atomic mass is 32.1. The van der Waals surface area contributed by atoms with Crippen LogP contribution in [0.3, 0.4) is 0 Å². The highest BCUT2D eigenvalue weighted by molar-refractivity contribution is 7.80. The Hall–Kier alpha value is -2.73. The van der Waals surface area contributed by atoms with Crippen LogP contribution >= 0.6 is 12.2 Å². The predicted molar refractivity (Wildman–Crippen MR) is 109 cm³/mol. The minimum atomic E-state index is -0.258. The molecule has 0 saturated carbocycles. The molecule has 0 heterocycles. The van der Waals surface area contributed by atoms with E-state index in [1.54, 1.807) is 36.4 Å². The summed E-state index contributed by atoms with van der Waals surface area (Å²) in [5.41, 5.74) is 3.16. The summed E-state index contributed by atoms with van der Waals surface area (Å²) < 4.78 is 0. The maximum absolute atomic E-state index is 12.2. The van der Waals surface area contributed by atoms with Gasteiger partial charge in [-0.25, -0.2) is 0 Å². The standard InChI is InChI=1S/C20H23N3O2S/c1-4-14-5-7-15(8-6-14)19(25)23-20(26)22-17-11-9-16(10-12-17)21-18(24)13(2)3/h5-13H,4H2,1-3H3,(H,21,24)(H2,22,23,25,26). The zero-order chi connectivity index (χ0) is 19.1. The van der Waals surface area contributed by atoms with Crippen LogP contribution in [-0.4, -0.2) is 16.9 Å². The monoisotopic (exact) mass is 369 g/mol. The van der Waals surface area contributed by atoms with Crippen LogP contribution in [0.25, 0.3) is 0 Å². The molecule has 0 fully saturated rings. The van der Waals surface area contributed by atoms with E-state index < -0.39 is 0 Å². The van der Waals surface area contributed by atoms with Gasteiger partial charge in [0, 0.05) is 22.9 Å². The molecule has 0 spiro atoms. The Morgan fingerprint density at radius 2 is 1.46 bits per heavy atom. The average molecular weight is 369 g/mol. The van der Waals surface area contributed by atoms with Gasteiger partial charge in [0.2, 0.25) is 5.91 Å². The normalized spacial score (nSPS) is 10.3. The van der Waals surface area contributed by atoms with Crippen LogP contribution in [0, 0.1) is 5.92 Å². The molecular weight excluding hydrogens is 346 g/mol. The smallest absolute Gasteiger partial charge is 0.257 e. The highest BCUT2D eigenvalue weighted by Crippen LogP contribution is 2.14. The van der Waals surface area contributed by atoms with E-state index >= 15 is 0 Å². The first-order chi connectivity index (χ1) is 12.4. The molecule has 3 N–H and O–H groups in total. The molecule has 2 amide bonds. The van der Waals surface area contributed by atoms with Crippen LogP contribution in [0.4, 0.5) is 11.4 Å². The lowest BCUT2D eigenvalue weighted by Crippen LogP contribution is -2.34. The van der Waals surface area contributed by atoms with Gasteiger partial charge in [0.15, 0.2) is 5.11 Å². The minimum absolute atomic E-state index is 0.0393. The molecule has 0 bridgehead atoms. The van der Waals surface area contributed by atoms with E-state index in [1.807, 2.05) is 26.0 Å². The number of aryl methyl sites for hydroxylation is 1. The van der Waals surface area contributed by atoms with E-state index in [0.29, 0.717) is 11.3 Å². The lowest BCUT2D eigenvalue weighted by molar-refractivity contribution is -0.118. The van der Waals surface area contributed by atoms with Crippen LogP contribution in [0.15, 0.2) is 48.5 Å². The summed E-state index contributed by atoms with van der Waals surface area (Å²) in [6.07, 6.45) is 0.926. The van der Waals surface area contributed by atoms with Crippen molar-refractivity contribution in [3.8, 4) is 0 Å². The summed E-state index contributed by atoms with van der Waals surface area (Å²) in [6, 6.07) is 14.5. The Kier molecular flexibility index (Phi) is 6.86. The van der Waals surface area contributed by atoms with Gasteiger partial charge in [-0.15, -0.1) is 0 Å². The zero-order valence-corrected chi connectivity index (χ0v) is 15.9. The van der Waals surface area contributed by atoms with Crippen molar-refractivity contribution >= 4 is 40.5 Å². The van der Waals surface area contributed by atoms with Crippen LogP contribution in [0.5, 0.6) is 0 Å². The van der Waals surface area contributed by atoms with E-state index in [2.05, 4.69) is 22.9 Å². The third kappa shape index (κ3) is 5.67. The van der Waals surface area contributed by atoms with Gasteiger partial charge in [0.25, 0.3) is 5.91 Å². The quantitative estimate of drug-likeness (QED) is 0.698. The number of benzene rings is 2. The molecule has 2 rings (SSSR count). The second-order valence-corrected chi connectivity index (χ2v) is 6.59. The second kappa shape index (κ2) is 9.10. The van der Waals surface area contributed by atoms with Gasteiger partial charge in [0.05, 0.1) is 0 Å². The minimum Gasteiger partial charge on any atom is -0.332 e. The number of rotatable bonds is 5. The first-order valence-electron chi connectivity index (χ1n) is 8.51. The molecule has 6 heteroatoms. The molecule has 0 aliphatic carbocycles. The Labute approximate surface area is 159 Å². The fourth-order valence-corrected chi connectivity index (χ4v) is 2.36. The lowest BCUT2D eigenvalue weighted by Gasteiger charge is -2.11. The first-order valence-corrected chi connectivity index (χ1v) is 8.92. The Morgan fingerprint density at radius 1 is 0.923 bits per heavy atom. The first kappa shape index (κ1) is 19.6. The number of anilines is 2. The molecule has 2 aromatic carbocycles. The molecule has 0 aliphatic rings. The summed E-state index contributed by atoms with van der Waals surface area (Å²) in [6.45, 7) is 5.73. The van der Waals surface area contributed by atoms with E-state index in [1.165, 1.54) is 5.56 Å². The summed E-state index contributed by atoms with van der Waals surface area (Å²) in [7, 11) is 0. The van der Waals surface area contributed by atoms with Crippen molar-refractivity contribution in [1.29, 1.82) is 0 Å². The fourth-order valence-electron chi connectivity index (χ4n) is 2.15. The number of hydrogen-bond acceptors (Lipinski definition) is 3. The van der Waals surface area contributed by atoms with Crippen LogP contribution in [-0.2, 0) is 11.2 Å². The molecule has 0 aliphatic heterocycles. The predicted octanol–water partition coefficient (Wildman–Crippen LogP) is 3.97. The Bertz CT molecular complexity index is 784. The average Bonchev–Trinajstić information content (AvgIpc) is 2.63. The number of carbonyl (C=O) groups excluding carboxylic acids is 2. The maximum atomic E-state index is 12.2. The van der Waals surface area contributed by atoms with E-state index in [-0.39, 0.29) is 22.8 Å². The molecule has 2 aromatic rings. The SMILES string of the molecule is CCc1ccc(C(=O)NC(=S)Nc2ccc(NC(=O)C(C)C)cc2)cc1. The largest absolute Gasteiger partial charge is 0.332 e. The van der Waals surface area contributed by atoms with Crippen molar-refractivity contribution < 1.29 is 9.59 Å². The zero-order valence-electron chi connectivity index (χ0n) is 15.1. The molecule has 26 heavy (non-hydrogen) atoms. The summed E-state index contributed by atoms with van der Waals surface area (Å²) in [4.78, 5) is 23.9. The Morgan fingerprint density at radius 3 is 1.96 bits per heavy atom. The topological polar surface area (TPSA) is 70.2 Å². The third-order valence-corrected chi connectivity index (χ3v) is 3.99.